The Morgan fingerprint density at radius 1 is 1.21 bits per heavy atom. The number of amides is 1. The lowest BCUT2D eigenvalue weighted by Crippen LogP contribution is -2.73. The van der Waals surface area contributed by atoms with E-state index in [9.17, 15) is 9.90 Å². The fourth-order valence-electron chi connectivity index (χ4n) is 5.43. The van der Waals surface area contributed by atoms with Gasteiger partial charge in [-0.05, 0) is 38.0 Å². The van der Waals surface area contributed by atoms with Crippen molar-refractivity contribution in [3.63, 3.8) is 0 Å². The third-order valence-electron chi connectivity index (χ3n) is 7.54. The molecule has 0 radical (unpaired) electrons. The first-order valence-electron chi connectivity index (χ1n) is 11.7. The van der Waals surface area contributed by atoms with Crippen LogP contribution in [-0.4, -0.2) is 65.2 Å². The van der Waals surface area contributed by atoms with Crippen molar-refractivity contribution in [1.29, 1.82) is 0 Å². The van der Waals surface area contributed by atoms with Crippen LogP contribution in [0, 0.1) is 12.3 Å². The monoisotopic (exact) mass is 464 g/mol. The van der Waals surface area contributed by atoms with E-state index >= 15 is 0 Å². The summed E-state index contributed by atoms with van der Waals surface area (Å²) in [7, 11) is 0. The molecule has 34 heavy (non-hydrogen) atoms. The van der Waals surface area contributed by atoms with Gasteiger partial charge in [-0.3, -0.25) is 4.79 Å². The van der Waals surface area contributed by atoms with Gasteiger partial charge in [0.2, 0.25) is 5.91 Å². The van der Waals surface area contributed by atoms with Crippen LogP contribution in [-0.2, 0) is 10.2 Å². The predicted molar refractivity (Wildman–Crippen MR) is 128 cm³/mol. The van der Waals surface area contributed by atoms with Crippen LogP contribution in [0.25, 0.3) is 5.70 Å². The van der Waals surface area contributed by atoms with Crippen molar-refractivity contribution in [2.24, 2.45) is 16.9 Å². The summed E-state index contributed by atoms with van der Waals surface area (Å²) in [5, 5.41) is 17.7. The maximum absolute atomic E-state index is 13.8. The zero-order valence-electron chi connectivity index (χ0n) is 19.5. The Morgan fingerprint density at radius 3 is 2.47 bits per heavy atom. The lowest BCUT2D eigenvalue weighted by Gasteiger charge is -2.58. The summed E-state index contributed by atoms with van der Waals surface area (Å²) in [6.45, 7) is 6.65. The number of carbonyl (C=O) groups is 1. The van der Waals surface area contributed by atoms with Crippen LogP contribution in [0.15, 0.2) is 52.8 Å². The number of aromatic nitrogens is 1. The molecule has 9 nitrogen and oxygen atoms in total. The maximum Gasteiger partial charge on any atom is 0.235 e. The number of likely N-dealkylation sites (tertiary alicyclic amines) is 2. The van der Waals surface area contributed by atoms with Crippen molar-refractivity contribution < 1.29 is 14.4 Å². The minimum absolute atomic E-state index is 0.117. The summed E-state index contributed by atoms with van der Waals surface area (Å²) >= 11 is 0. The smallest absolute Gasteiger partial charge is 0.235 e. The number of nitrogens with zero attached hydrogens (tertiary/aromatic N) is 3. The first kappa shape index (κ1) is 22.3. The SMILES string of the molecule is Cc1cc(C2(C(=O)N3CC4(CNC4)C3)CCN(C(/C=C(\N)c3ccccc3O)=C/N)CC2)no1. The van der Waals surface area contributed by atoms with Crippen molar-refractivity contribution >= 4 is 11.6 Å². The van der Waals surface area contributed by atoms with Crippen LogP contribution in [0.2, 0.25) is 0 Å². The number of phenolic OH excluding ortho intramolecular Hbond substituents is 1. The Kier molecular flexibility index (Phi) is 5.51. The van der Waals surface area contributed by atoms with Gasteiger partial charge in [0.05, 0.1) is 16.8 Å². The first-order chi connectivity index (χ1) is 16.4. The molecule has 3 aliphatic rings. The Bertz CT molecular complexity index is 1130. The Balaban J connectivity index is 1.35. The number of nitrogens with two attached hydrogens (primary N) is 2. The summed E-state index contributed by atoms with van der Waals surface area (Å²) in [6, 6.07) is 8.83. The highest BCUT2D eigenvalue weighted by molar-refractivity contribution is 5.89. The Hall–Kier alpha value is -3.46. The summed E-state index contributed by atoms with van der Waals surface area (Å²) in [5.74, 6) is 0.959. The molecule has 1 aromatic heterocycles. The van der Waals surface area contributed by atoms with E-state index in [-0.39, 0.29) is 17.1 Å². The highest BCUT2D eigenvalue weighted by Gasteiger charge is 2.55. The molecule has 0 atom stereocenters. The number of piperidine rings is 1. The number of rotatable bonds is 5. The Morgan fingerprint density at radius 2 is 1.91 bits per heavy atom. The molecule has 1 amide bonds. The number of allylic oxidation sites excluding steroid dienone is 1. The molecule has 2 aromatic rings. The van der Waals surface area contributed by atoms with Crippen LogP contribution in [0.3, 0.4) is 0 Å². The fraction of sp³-hybridized carbons (Fsp3) is 0.440. The van der Waals surface area contributed by atoms with E-state index < -0.39 is 5.41 Å². The third kappa shape index (κ3) is 3.69. The zero-order chi connectivity index (χ0) is 23.9. The third-order valence-corrected chi connectivity index (χ3v) is 7.54. The molecule has 3 aliphatic heterocycles. The predicted octanol–water partition coefficient (Wildman–Crippen LogP) is 1.25. The average molecular weight is 465 g/mol. The van der Waals surface area contributed by atoms with Crippen molar-refractivity contribution in [2.45, 2.75) is 25.2 Å². The van der Waals surface area contributed by atoms with Gasteiger partial charge in [-0.25, -0.2) is 0 Å². The van der Waals surface area contributed by atoms with Crippen LogP contribution < -0.4 is 16.8 Å². The molecule has 0 bridgehead atoms. The van der Waals surface area contributed by atoms with Crippen LogP contribution in [0.4, 0.5) is 0 Å². The number of aryl methyl sites for hydroxylation is 1. The van der Waals surface area contributed by atoms with Gasteiger partial charge in [-0.1, -0.05) is 17.3 Å². The van der Waals surface area contributed by atoms with E-state index in [1.165, 1.54) is 6.20 Å². The highest BCUT2D eigenvalue weighted by atomic mass is 16.5. The first-order valence-corrected chi connectivity index (χ1v) is 11.7. The van der Waals surface area contributed by atoms with Gasteiger partial charge in [0.25, 0.3) is 0 Å². The number of hydrogen-bond acceptors (Lipinski definition) is 8. The summed E-state index contributed by atoms with van der Waals surface area (Å²) in [4.78, 5) is 17.9. The second kappa shape index (κ2) is 8.39. The molecule has 180 valence electrons. The number of carbonyl (C=O) groups excluding carboxylic acids is 1. The normalized spacial score (nSPS) is 21.8. The van der Waals surface area contributed by atoms with Gasteiger partial charge >= 0.3 is 0 Å². The highest BCUT2D eigenvalue weighted by Crippen LogP contribution is 2.43. The van der Waals surface area contributed by atoms with Crippen molar-refractivity contribution in [3.8, 4) is 5.75 Å². The molecule has 0 aliphatic carbocycles. The van der Waals surface area contributed by atoms with Gasteiger partial charge in [0, 0.05) is 68.2 Å². The summed E-state index contributed by atoms with van der Waals surface area (Å²) < 4.78 is 5.38. The van der Waals surface area contributed by atoms with Gasteiger partial charge in [0.1, 0.15) is 11.5 Å². The molecule has 9 heteroatoms. The number of phenols is 1. The fourth-order valence-corrected chi connectivity index (χ4v) is 5.43. The molecule has 0 unspecified atom stereocenters. The lowest BCUT2D eigenvalue weighted by atomic mass is 9.69. The van der Waals surface area contributed by atoms with E-state index in [0.29, 0.717) is 48.6 Å². The second-order valence-corrected chi connectivity index (χ2v) is 9.87. The van der Waals surface area contributed by atoms with E-state index in [0.717, 1.165) is 31.9 Å². The second-order valence-electron chi connectivity index (χ2n) is 9.87. The minimum atomic E-state index is -0.709. The van der Waals surface area contributed by atoms with Crippen LogP contribution in [0.1, 0.15) is 29.9 Å². The number of benzene rings is 1. The minimum Gasteiger partial charge on any atom is -0.507 e. The lowest BCUT2D eigenvalue weighted by molar-refractivity contribution is -0.155. The van der Waals surface area contributed by atoms with E-state index in [2.05, 4.69) is 15.4 Å². The quantitative estimate of drug-likeness (QED) is 0.486. The number of aromatic hydroxyl groups is 1. The van der Waals surface area contributed by atoms with E-state index in [1.807, 2.05) is 24.0 Å². The van der Waals surface area contributed by atoms with Gasteiger partial charge < -0.3 is 36.2 Å². The Labute approximate surface area is 199 Å². The number of nitrogens with one attached hydrogen (secondary N) is 1. The molecule has 6 N–H and O–H groups in total. The van der Waals surface area contributed by atoms with Gasteiger partial charge in [-0.15, -0.1) is 0 Å². The zero-order valence-corrected chi connectivity index (χ0v) is 19.5. The topological polar surface area (TPSA) is 134 Å². The molecule has 3 fully saturated rings. The maximum atomic E-state index is 13.8. The van der Waals surface area contributed by atoms with Gasteiger partial charge in [0.15, 0.2) is 0 Å². The molecule has 1 aromatic carbocycles. The molecule has 0 saturated carbocycles. The molecule has 5 rings (SSSR count). The van der Waals surface area contributed by atoms with Gasteiger partial charge in [-0.2, -0.15) is 0 Å². The van der Waals surface area contributed by atoms with Crippen molar-refractivity contribution in [1.82, 2.24) is 20.3 Å². The van der Waals surface area contributed by atoms with Crippen LogP contribution in [0.5, 0.6) is 5.75 Å². The molecular weight excluding hydrogens is 432 g/mol. The summed E-state index contributed by atoms with van der Waals surface area (Å²) in [6.07, 6.45) is 4.49. The van der Waals surface area contributed by atoms with E-state index in [4.69, 9.17) is 16.0 Å². The number of hydrogen-bond donors (Lipinski definition) is 4. The number of para-hydroxylation sites is 1. The standard InChI is InChI=1S/C25H32N6O3/c1-17-10-22(29-34-17)25(23(33)31-15-24(16-31)13-28-14-24)6-8-30(9-7-25)18(12-26)11-20(27)19-4-2-3-5-21(19)32/h2-5,10-12,28,32H,6-9,13-16,26-27H2,1H3/b18-12+,20-11-. The van der Waals surface area contributed by atoms with Crippen molar-refractivity contribution in [3.05, 3.63) is 65.3 Å². The summed E-state index contributed by atoms with van der Waals surface area (Å²) in [5.41, 5.74) is 14.2. The van der Waals surface area contributed by atoms with Crippen molar-refractivity contribution in [2.75, 3.05) is 39.3 Å². The molecular formula is C25H32N6O3. The van der Waals surface area contributed by atoms with E-state index in [1.54, 1.807) is 24.3 Å². The van der Waals surface area contributed by atoms with Crippen LogP contribution >= 0.6 is 0 Å². The molecule has 4 heterocycles. The average Bonchev–Trinajstić information content (AvgIpc) is 3.22. The largest absolute Gasteiger partial charge is 0.507 e. The molecule has 3 saturated heterocycles. The molecule has 1 spiro atoms.